The van der Waals surface area contributed by atoms with E-state index in [9.17, 15) is 9.18 Å². The van der Waals surface area contributed by atoms with Crippen LogP contribution in [0.3, 0.4) is 0 Å². The van der Waals surface area contributed by atoms with E-state index in [-0.39, 0.29) is 0 Å². The van der Waals surface area contributed by atoms with Gasteiger partial charge in [0.25, 0.3) is 0 Å². The highest BCUT2D eigenvalue weighted by Crippen LogP contribution is 2.17. The third kappa shape index (κ3) is 3.09. The maximum Gasteiger partial charge on any atom is 0.323 e. The molecular formula is C14H11FN4OS. The van der Waals surface area contributed by atoms with Gasteiger partial charge in [0, 0.05) is 11.4 Å². The fourth-order valence-corrected chi connectivity index (χ4v) is 2.19. The van der Waals surface area contributed by atoms with Crippen LogP contribution in [0.5, 0.6) is 0 Å². The number of halogens is 1. The summed E-state index contributed by atoms with van der Waals surface area (Å²) in [4.78, 5) is 17.8. The van der Waals surface area contributed by atoms with Gasteiger partial charge in [-0.15, -0.1) is 0 Å². The van der Waals surface area contributed by atoms with Crippen molar-refractivity contribution < 1.29 is 9.18 Å². The Labute approximate surface area is 124 Å². The van der Waals surface area contributed by atoms with Crippen LogP contribution in [0.4, 0.5) is 20.6 Å². The lowest BCUT2D eigenvalue weighted by Gasteiger charge is -2.07. The van der Waals surface area contributed by atoms with Gasteiger partial charge in [0.15, 0.2) is 4.77 Å². The molecule has 5 nitrogen and oxygen atoms in total. The summed E-state index contributed by atoms with van der Waals surface area (Å²) in [5.74, 6) is -0.408. The third-order valence-electron chi connectivity index (χ3n) is 2.86. The molecule has 21 heavy (non-hydrogen) atoms. The average molecular weight is 302 g/mol. The van der Waals surface area contributed by atoms with Gasteiger partial charge in [0.05, 0.1) is 11.0 Å². The van der Waals surface area contributed by atoms with Gasteiger partial charge >= 0.3 is 6.03 Å². The van der Waals surface area contributed by atoms with Crippen molar-refractivity contribution in [3.8, 4) is 0 Å². The lowest BCUT2D eigenvalue weighted by atomic mass is 10.3. The molecule has 0 saturated heterocycles. The fraction of sp³-hybridized carbons (Fsp3) is 0. The number of urea groups is 1. The Morgan fingerprint density at radius 3 is 2.48 bits per heavy atom. The molecule has 0 spiro atoms. The number of nitrogens with one attached hydrogen (secondary N) is 4. The van der Waals surface area contributed by atoms with Crippen LogP contribution in [-0.2, 0) is 0 Å². The Bertz CT molecular complexity index is 871. The van der Waals surface area contributed by atoms with Crippen molar-refractivity contribution in [3.05, 3.63) is 53.1 Å². The van der Waals surface area contributed by atoms with E-state index in [0.29, 0.717) is 16.1 Å². The monoisotopic (exact) mass is 302 g/mol. The highest BCUT2D eigenvalue weighted by atomic mass is 32.1. The maximum atomic E-state index is 13.0. The summed E-state index contributed by atoms with van der Waals surface area (Å²) < 4.78 is 13.6. The molecule has 0 aliphatic heterocycles. The van der Waals surface area contributed by atoms with Crippen molar-refractivity contribution in [2.24, 2.45) is 0 Å². The molecule has 106 valence electrons. The Balaban J connectivity index is 1.75. The van der Waals surface area contributed by atoms with E-state index in [0.717, 1.165) is 11.0 Å². The van der Waals surface area contributed by atoms with Crippen LogP contribution in [0.25, 0.3) is 11.0 Å². The molecule has 2 aromatic carbocycles. The average Bonchev–Trinajstić information content (AvgIpc) is 2.78. The molecule has 0 bridgehead atoms. The van der Waals surface area contributed by atoms with Crippen LogP contribution < -0.4 is 10.6 Å². The molecule has 1 heterocycles. The van der Waals surface area contributed by atoms with Crippen molar-refractivity contribution >= 4 is 40.7 Å². The number of hydrogen-bond donors (Lipinski definition) is 4. The van der Waals surface area contributed by atoms with Gasteiger partial charge in [-0.05, 0) is 48.6 Å². The first kappa shape index (κ1) is 13.3. The molecule has 0 saturated carbocycles. The number of hydrogen-bond acceptors (Lipinski definition) is 2. The molecular weight excluding hydrogens is 291 g/mol. The fourth-order valence-electron chi connectivity index (χ4n) is 1.97. The minimum absolute atomic E-state index is 0.384. The van der Waals surface area contributed by atoms with Gasteiger partial charge in [-0.3, -0.25) is 0 Å². The Morgan fingerprint density at radius 2 is 1.71 bits per heavy atom. The van der Waals surface area contributed by atoms with Crippen LogP contribution in [0.2, 0.25) is 0 Å². The summed E-state index contributed by atoms with van der Waals surface area (Å²) in [5.41, 5.74) is 2.64. The Morgan fingerprint density at radius 1 is 1.00 bits per heavy atom. The SMILES string of the molecule is O=C(Nc1cccc(F)c1)Nc1ccc2[nH]c(=S)[nH]c2c1. The topological polar surface area (TPSA) is 72.7 Å². The predicted molar refractivity (Wildman–Crippen MR) is 82.5 cm³/mol. The van der Waals surface area contributed by atoms with Crippen LogP contribution in [-0.4, -0.2) is 16.0 Å². The molecule has 0 atom stereocenters. The standard InChI is InChI=1S/C14H11FN4OS/c15-8-2-1-3-9(6-8)16-13(20)17-10-4-5-11-12(7-10)19-14(21)18-11/h1-7H,(H2,16,17,20)(H2,18,19,21). The van der Waals surface area contributed by atoms with E-state index in [1.165, 1.54) is 18.2 Å². The molecule has 4 N–H and O–H groups in total. The summed E-state index contributed by atoms with van der Waals surface area (Å²) in [6.07, 6.45) is 0. The number of benzene rings is 2. The van der Waals surface area contributed by atoms with Crippen molar-refractivity contribution in [1.29, 1.82) is 0 Å². The number of aromatic nitrogens is 2. The van der Waals surface area contributed by atoms with Crippen LogP contribution in [0, 0.1) is 10.6 Å². The molecule has 2 amide bonds. The highest BCUT2D eigenvalue weighted by Gasteiger charge is 2.05. The number of rotatable bonds is 2. The number of carbonyl (C=O) groups excluding carboxylic acids is 1. The maximum absolute atomic E-state index is 13.0. The second-order valence-electron chi connectivity index (χ2n) is 4.43. The lowest BCUT2D eigenvalue weighted by molar-refractivity contribution is 0.262. The molecule has 1 aromatic heterocycles. The summed E-state index contributed by atoms with van der Waals surface area (Å²) in [5, 5.41) is 5.23. The molecule has 7 heteroatoms. The molecule has 3 aromatic rings. The highest BCUT2D eigenvalue weighted by molar-refractivity contribution is 7.71. The Hall–Kier alpha value is -2.67. The number of carbonyl (C=O) groups is 1. The van der Waals surface area contributed by atoms with Crippen LogP contribution >= 0.6 is 12.2 Å². The molecule has 0 aliphatic rings. The lowest BCUT2D eigenvalue weighted by Crippen LogP contribution is -2.19. The zero-order valence-electron chi connectivity index (χ0n) is 10.7. The normalized spacial score (nSPS) is 10.5. The summed E-state index contributed by atoms with van der Waals surface area (Å²) >= 11 is 5.00. The first-order valence-electron chi connectivity index (χ1n) is 6.16. The zero-order valence-corrected chi connectivity index (χ0v) is 11.6. The van der Waals surface area contributed by atoms with Crippen LogP contribution in [0.15, 0.2) is 42.5 Å². The molecule has 0 fully saturated rings. The van der Waals surface area contributed by atoms with Gasteiger partial charge in [-0.25, -0.2) is 9.18 Å². The molecule has 0 radical (unpaired) electrons. The van der Waals surface area contributed by atoms with Gasteiger partial charge < -0.3 is 20.6 Å². The van der Waals surface area contributed by atoms with Gasteiger partial charge in [-0.1, -0.05) is 6.07 Å². The smallest absolute Gasteiger partial charge is 0.323 e. The Kier molecular flexibility index (Phi) is 3.41. The van der Waals surface area contributed by atoms with Crippen molar-refractivity contribution in [1.82, 2.24) is 9.97 Å². The number of amides is 2. The summed E-state index contributed by atoms with van der Waals surface area (Å²) in [6.45, 7) is 0. The third-order valence-corrected chi connectivity index (χ3v) is 3.06. The van der Waals surface area contributed by atoms with Crippen molar-refractivity contribution in [2.45, 2.75) is 0 Å². The van der Waals surface area contributed by atoms with E-state index < -0.39 is 11.8 Å². The summed E-state index contributed by atoms with van der Waals surface area (Å²) in [6, 6.07) is 10.5. The minimum atomic E-state index is -0.450. The van der Waals surface area contributed by atoms with E-state index in [1.807, 2.05) is 0 Å². The largest absolute Gasteiger partial charge is 0.331 e. The van der Waals surface area contributed by atoms with E-state index in [2.05, 4.69) is 20.6 Å². The molecule has 0 unspecified atom stereocenters. The van der Waals surface area contributed by atoms with E-state index in [4.69, 9.17) is 12.2 Å². The van der Waals surface area contributed by atoms with Crippen molar-refractivity contribution in [2.75, 3.05) is 10.6 Å². The van der Waals surface area contributed by atoms with Gasteiger partial charge in [-0.2, -0.15) is 0 Å². The number of imidazole rings is 1. The number of anilines is 2. The first-order valence-corrected chi connectivity index (χ1v) is 6.56. The number of aromatic amines is 2. The predicted octanol–water partition coefficient (Wildman–Crippen LogP) is 4.01. The number of H-pyrrole nitrogens is 2. The van der Waals surface area contributed by atoms with Crippen LogP contribution in [0.1, 0.15) is 0 Å². The van der Waals surface area contributed by atoms with Crippen molar-refractivity contribution in [3.63, 3.8) is 0 Å². The molecule has 0 aliphatic carbocycles. The zero-order chi connectivity index (χ0) is 14.8. The second-order valence-corrected chi connectivity index (χ2v) is 4.84. The van der Waals surface area contributed by atoms with Gasteiger partial charge in [0.1, 0.15) is 5.82 Å². The summed E-state index contributed by atoms with van der Waals surface area (Å²) in [7, 11) is 0. The molecule has 3 rings (SSSR count). The quantitative estimate of drug-likeness (QED) is 0.540. The number of fused-ring (bicyclic) bond motifs is 1. The minimum Gasteiger partial charge on any atom is -0.331 e. The van der Waals surface area contributed by atoms with Gasteiger partial charge in [0.2, 0.25) is 0 Å². The first-order chi connectivity index (χ1) is 10.1. The van der Waals surface area contributed by atoms with E-state index in [1.54, 1.807) is 24.3 Å². The second kappa shape index (κ2) is 5.37. The van der Waals surface area contributed by atoms with E-state index >= 15 is 0 Å².